The van der Waals surface area contributed by atoms with Crippen LogP contribution in [0.15, 0.2) is 12.1 Å². The molecular weight excluding hydrogens is 180 g/mol. The number of anilines is 1. The molecule has 2 nitrogen and oxygen atoms in total. The Morgan fingerprint density at radius 3 is 2.92 bits per heavy atom. The summed E-state index contributed by atoms with van der Waals surface area (Å²) in [6.07, 6.45) is 4.16. The Morgan fingerprint density at radius 2 is 2.38 bits per heavy atom. The van der Waals surface area contributed by atoms with Crippen LogP contribution in [0.3, 0.4) is 0 Å². The zero-order chi connectivity index (χ0) is 9.68. The van der Waals surface area contributed by atoms with Crippen molar-refractivity contribution in [3.05, 3.63) is 21.9 Å². The van der Waals surface area contributed by atoms with Crippen molar-refractivity contribution in [2.75, 3.05) is 11.9 Å². The highest BCUT2D eigenvalue weighted by Crippen LogP contribution is 2.28. The molecule has 0 fully saturated rings. The van der Waals surface area contributed by atoms with Crippen LogP contribution in [0.4, 0.5) is 5.69 Å². The molecule has 3 heteroatoms. The number of hydrogen-bond donors (Lipinski definition) is 2. The summed E-state index contributed by atoms with van der Waals surface area (Å²) in [4.78, 5) is 2.49. The quantitative estimate of drug-likeness (QED) is 0.777. The standard InChI is InChI=1S/C10H16N2S/c1-3-5-10-9(12-4-2)6-8(7-11)13-10/h3,5-6,12H,4,7,11H2,1-2H3. The van der Waals surface area contributed by atoms with Crippen LogP contribution in [0, 0.1) is 0 Å². The minimum Gasteiger partial charge on any atom is -0.384 e. The van der Waals surface area contributed by atoms with E-state index in [0.717, 1.165) is 6.54 Å². The molecule has 0 aliphatic carbocycles. The third-order valence-corrected chi connectivity index (χ3v) is 2.82. The smallest absolute Gasteiger partial charge is 0.0526 e. The molecule has 0 atom stereocenters. The first-order valence-electron chi connectivity index (χ1n) is 4.51. The van der Waals surface area contributed by atoms with E-state index in [0.29, 0.717) is 6.54 Å². The maximum absolute atomic E-state index is 5.58. The number of hydrogen-bond acceptors (Lipinski definition) is 3. The third kappa shape index (κ3) is 2.57. The van der Waals surface area contributed by atoms with E-state index in [9.17, 15) is 0 Å². The maximum atomic E-state index is 5.58. The highest BCUT2D eigenvalue weighted by atomic mass is 32.1. The van der Waals surface area contributed by atoms with Gasteiger partial charge >= 0.3 is 0 Å². The molecule has 0 aliphatic heterocycles. The Morgan fingerprint density at radius 1 is 1.62 bits per heavy atom. The van der Waals surface area contributed by atoms with Gasteiger partial charge in [-0.15, -0.1) is 11.3 Å². The van der Waals surface area contributed by atoms with Gasteiger partial charge in [-0.05, 0) is 26.0 Å². The number of nitrogens with one attached hydrogen (secondary N) is 1. The van der Waals surface area contributed by atoms with Crippen molar-refractivity contribution in [2.45, 2.75) is 20.4 Å². The number of nitrogens with two attached hydrogens (primary N) is 1. The molecule has 1 rings (SSSR count). The van der Waals surface area contributed by atoms with E-state index < -0.39 is 0 Å². The molecule has 72 valence electrons. The van der Waals surface area contributed by atoms with Gasteiger partial charge in [0.2, 0.25) is 0 Å². The second-order valence-electron chi connectivity index (χ2n) is 2.73. The van der Waals surface area contributed by atoms with E-state index in [1.54, 1.807) is 11.3 Å². The van der Waals surface area contributed by atoms with Gasteiger partial charge in [0.15, 0.2) is 0 Å². The van der Waals surface area contributed by atoms with Crippen LogP contribution >= 0.6 is 11.3 Å². The van der Waals surface area contributed by atoms with Gasteiger partial charge in [0.25, 0.3) is 0 Å². The topological polar surface area (TPSA) is 38.0 Å². The highest BCUT2D eigenvalue weighted by molar-refractivity contribution is 7.13. The average molecular weight is 196 g/mol. The lowest BCUT2D eigenvalue weighted by Crippen LogP contribution is -1.96. The molecule has 0 aromatic carbocycles. The molecule has 3 N–H and O–H groups in total. The zero-order valence-electron chi connectivity index (χ0n) is 8.13. The van der Waals surface area contributed by atoms with Gasteiger partial charge in [0.05, 0.1) is 10.6 Å². The number of allylic oxidation sites excluding steroid dienone is 1. The summed E-state index contributed by atoms with van der Waals surface area (Å²) >= 11 is 1.75. The zero-order valence-corrected chi connectivity index (χ0v) is 8.95. The summed E-state index contributed by atoms with van der Waals surface area (Å²) in [6.45, 7) is 5.70. The van der Waals surface area contributed by atoms with Crippen LogP contribution in [0.2, 0.25) is 0 Å². The molecule has 13 heavy (non-hydrogen) atoms. The average Bonchev–Trinajstić information content (AvgIpc) is 2.50. The Bertz CT molecular complexity index is 289. The van der Waals surface area contributed by atoms with Crippen molar-refractivity contribution in [3.8, 4) is 0 Å². The minimum absolute atomic E-state index is 0.626. The second-order valence-corrected chi connectivity index (χ2v) is 3.89. The van der Waals surface area contributed by atoms with Crippen molar-refractivity contribution >= 4 is 23.1 Å². The predicted octanol–water partition coefficient (Wildman–Crippen LogP) is 2.67. The molecular formula is C10H16N2S. The van der Waals surface area contributed by atoms with Crippen molar-refractivity contribution in [1.82, 2.24) is 0 Å². The van der Waals surface area contributed by atoms with Crippen molar-refractivity contribution in [1.29, 1.82) is 0 Å². The van der Waals surface area contributed by atoms with E-state index >= 15 is 0 Å². The normalized spacial score (nSPS) is 11.0. The SMILES string of the molecule is CC=Cc1sc(CN)cc1NCC. The van der Waals surface area contributed by atoms with Crippen LogP contribution in [-0.4, -0.2) is 6.54 Å². The summed E-state index contributed by atoms with van der Waals surface area (Å²) in [7, 11) is 0. The van der Waals surface area contributed by atoms with Gasteiger partial charge < -0.3 is 11.1 Å². The van der Waals surface area contributed by atoms with Crippen LogP contribution in [-0.2, 0) is 6.54 Å². The molecule has 0 saturated carbocycles. The third-order valence-electron chi connectivity index (χ3n) is 1.70. The summed E-state index contributed by atoms with van der Waals surface area (Å²) in [5.41, 5.74) is 6.78. The Kier molecular flexibility index (Phi) is 3.99. The molecule has 0 aliphatic rings. The monoisotopic (exact) mass is 196 g/mol. The van der Waals surface area contributed by atoms with E-state index in [1.807, 2.05) is 13.0 Å². The fourth-order valence-corrected chi connectivity index (χ4v) is 2.15. The van der Waals surface area contributed by atoms with E-state index in [-0.39, 0.29) is 0 Å². The van der Waals surface area contributed by atoms with Crippen molar-refractivity contribution in [3.63, 3.8) is 0 Å². The van der Waals surface area contributed by atoms with Crippen molar-refractivity contribution in [2.24, 2.45) is 5.73 Å². The fraction of sp³-hybridized carbons (Fsp3) is 0.400. The van der Waals surface area contributed by atoms with Gasteiger partial charge in [-0.25, -0.2) is 0 Å². The van der Waals surface area contributed by atoms with E-state index in [1.165, 1.54) is 15.4 Å². The molecule has 0 unspecified atom stereocenters. The molecule has 0 amide bonds. The molecule has 1 heterocycles. The van der Waals surface area contributed by atoms with Crippen LogP contribution < -0.4 is 11.1 Å². The lowest BCUT2D eigenvalue weighted by molar-refractivity contribution is 1.11. The first-order chi connectivity index (χ1) is 6.31. The van der Waals surface area contributed by atoms with E-state index in [4.69, 9.17) is 5.73 Å². The van der Waals surface area contributed by atoms with Crippen LogP contribution in [0.25, 0.3) is 6.08 Å². The molecule has 1 aromatic rings. The number of thiophene rings is 1. The largest absolute Gasteiger partial charge is 0.384 e. The van der Waals surface area contributed by atoms with E-state index in [2.05, 4.69) is 24.4 Å². The minimum atomic E-state index is 0.626. The van der Waals surface area contributed by atoms with Crippen molar-refractivity contribution < 1.29 is 0 Å². The fourth-order valence-electron chi connectivity index (χ4n) is 1.16. The summed E-state index contributed by atoms with van der Waals surface area (Å²) in [5.74, 6) is 0. The van der Waals surface area contributed by atoms with Gasteiger partial charge in [-0.2, -0.15) is 0 Å². The Balaban J connectivity index is 2.92. The highest BCUT2D eigenvalue weighted by Gasteiger charge is 2.03. The first kappa shape index (κ1) is 10.3. The lowest BCUT2D eigenvalue weighted by Gasteiger charge is -1.99. The van der Waals surface area contributed by atoms with Gasteiger partial charge in [-0.3, -0.25) is 0 Å². The Hall–Kier alpha value is -0.800. The summed E-state index contributed by atoms with van der Waals surface area (Å²) in [5, 5.41) is 3.32. The first-order valence-corrected chi connectivity index (χ1v) is 5.32. The second kappa shape index (κ2) is 5.04. The predicted molar refractivity (Wildman–Crippen MR) is 61.1 cm³/mol. The Labute approximate surface area is 83.5 Å². The molecule has 0 radical (unpaired) electrons. The van der Waals surface area contributed by atoms with Crippen LogP contribution in [0.1, 0.15) is 23.6 Å². The van der Waals surface area contributed by atoms with Gasteiger partial charge in [0.1, 0.15) is 0 Å². The summed E-state index contributed by atoms with van der Waals surface area (Å²) in [6, 6.07) is 2.13. The van der Waals surface area contributed by atoms with Crippen LogP contribution in [0.5, 0.6) is 0 Å². The van der Waals surface area contributed by atoms with Gasteiger partial charge in [0, 0.05) is 18.0 Å². The molecule has 0 saturated heterocycles. The van der Waals surface area contributed by atoms with Gasteiger partial charge in [-0.1, -0.05) is 6.08 Å². The number of rotatable bonds is 4. The molecule has 0 bridgehead atoms. The molecule has 1 aromatic heterocycles. The maximum Gasteiger partial charge on any atom is 0.0526 e. The summed E-state index contributed by atoms with van der Waals surface area (Å²) < 4.78 is 0. The lowest BCUT2D eigenvalue weighted by atomic mass is 10.3. The molecule has 0 spiro atoms.